The van der Waals surface area contributed by atoms with E-state index in [-0.39, 0.29) is 23.1 Å². The van der Waals surface area contributed by atoms with Crippen LogP contribution in [0.4, 0.5) is 26.3 Å². The molecule has 0 aliphatic heterocycles. The van der Waals surface area contributed by atoms with Crippen molar-refractivity contribution in [1.29, 1.82) is 0 Å². The highest BCUT2D eigenvalue weighted by Crippen LogP contribution is 2.49. The molecule has 0 heterocycles. The van der Waals surface area contributed by atoms with E-state index in [1.54, 1.807) is 0 Å². The standard InChI is InChI=1S/C14H12F6/c1-7-3-5-10-9(11(7)13(15,16)17)6-4-8(2)12(10)14(18,19)20/h3-5,9H,6H2,1-2H3. The molecule has 0 nitrogen and oxygen atoms in total. The number of alkyl halides is 6. The number of hydrogen-bond donors (Lipinski definition) is 0. The van der Waals surface area contributed by atoms with E-state index < -0.39 is 29.4 Å². The highest BCUT2D eigenvalue weighted by Gasteiger charge is 2.47. The maximum Gasteiger partial charge on any atom is 0.416 e. The van der Waals surface area contributed by atoms with Crippen LogP contribution in [0.25, 0.3) is 0 Å². The van der Waals surface area contributed by atoms with E-state index in [4.69, 9.17) is 0 Å². The fourth-order valence-electron chi connectivity index (χ4n) is 2.79. The Labute approximate surface area is 112 Å². The van der Waals surface area contributed by atoms with Gasteiger partial charge in [0.25, 0.3) is 0 Å². The van der Waals surface area contributed by atoms with E-state index in [1.807, 2.05) is 0 Å². The second-order valence-electron chi connectivity index (χ2n) is 4.93. The lowest BCUT2D eigenvalue weighted by atomic mass is 9.74. The molecular formula is C14H12F6. The van der Waals surface area contributed by atoms with Crippen molar-refractivity contribution in [2.75, 3.05) is 0 Å². The van der Waals surface area contributed by atoms with Crippen LogP contribution in [0.3, 0.4) is 0 Å². The molecule has 1 atom stereocenters. The van der Waals surface area contributed by atoms with Gasteiger partial charge in [-0.15, -0.1) is 0 Å². The third-order valence-electron chi connectivity index (χ3n) is 3.59. The molecule has 0 radical (unpaired) electrons. The van der Waals surface area contributed by atoms with Crippen LogP contribution in [-0.4, -0.2) is 12.4 Å². The molecule has 0 saturated carbocycles. The third kappa shape index (κ3) is 2.43. The third-order valence-corrected chi connectivity index (χ3v) is 3.59. The van der Waals surface area contributed by atoms with Gasteiger partial charge in [-0.1, -0.05) is 18.2 Å². The Hall–Kier alpha value is -1.46. The number of allylic oxidation sites excluding steroid dienone is 8. The molecule has 1 unspecified atom stereocenters. The van der Waals surface area contributed by atoms with Gasteiger partial charge in [0, 0.05) is 11.5 Å². The molecule has 0 aromatic rings. The lowest BCUT2D eigenvalue weighted by Crippen LogP contribution is -2.29. The van der Waals surface area contributed by atoms with Crippen LogP contribution in [-0.2, 0) is 0 Å². The normalized spacial score (nSPS) is 24.0. The summed E-state index contributed by atoms with van der Waals surface area (Å²) in [6.07, 6.45) is -5.83. The smallest absolute Gasteiger partial charge is 0.166 e. The highest BCUT2D eigenvalue weighted by molar-refractivity contribution is 5.54. The van der Waals surface area contributed by atoms with Gasteiger partial charge in [0.1, 0.15) is 0 Å². The van der Waals surface area contributed by atoms with Gasteiger partial charge >= 0.3 is 12.4 Å². The minimum Gasteiger partial charge on any atom is -0.166 e. The predicted molar refractivity (Wildman–Crippen MR) is 62.8 cm³/mol. The van der Waals surface area contributed by atoms with Gasteiger partial charge in [0.15, 0.2) is 0 Å². The van der Waals surface area contributed by atoms with E-state index >= 15 is 0 Å². The Morgan fingerprint density at radius 2 is 1.55 bits per heavy atom. The van der Waals surface area contributed by atoms with Crippen LogP contribution in [0, 0.1) is 5.92 Å². The molecule has 6 heteroatoms. The average Bonchev–Trinajstić information content (AvgIpc) is 2.25. The number of halogens is 6. The summed E-state index contributed by atoms with van der Waals surface area (Å²) in [7, 11) is 0. The lowest BCUT2D eigenvalue weighted by Gasteiger charge is -2.33. The molecule has 2 aliphatic rings. The van der Waals surface area contributed by atoms with Gasteiger partial charge in [-0.05, 0) is 37.0 Å². The van der Waals surface area contributed by atoms with Gasteiger partial charge in [0.05, 0.1) is 5.57 Å². The summed E-state index contributed by atoms with van der Waals surface area (Å²) in [6.45, 7) is 2.55. The summed E-state index contributed by atoms with van der Waals surface area (Å²) in [6, 6.07) is 0. The lowest BCUT2D eigenvalue weighted by molar-refractivity contribution is -0.101. The van der Waals surface area contributed by atoms with E-state index in [1.165, 1.54) is 19.9 Å². The molecule has 2 rings (SSSR count). The molecule has 0 saturated heterocycles. The fourth-order valence-corrected chi connectivity index (χ4v) is 2.79. The summed E-state index contributed by atoms with van der Waals surface area (Å²) >= 11 is 0. The molecule has 2 aliphatic carbocycles. The van der Waals surface area contributed by atoms with Crippen LogP contribution in [0.2, 0.25) is 0 Å². The highest BCUT2D eigenvalue weighted by atomic mass is 19.4. The molecule has 0 aromatic heterocycles. The predicted octanol–water partition coefficient (Wildman–Crippen LogP) is 5.26. The average molecular weight is 294 g/mol. The Kier molecular flexibility index (Phi) is 3.38. The SMILES string of the molecule is CC1=CCC2C(=C1C(F)(F)F)C=CC(C)=C2C(F)(F)F. The molecule has 0 aromatic carbocycles. The summed E-state index contributed by atoms with van der Waals surface area (Å²) in [4.78, 5) is 0. The van der Waals surface area contributed by atoms with Crippen molar-refractivity contribution in [3.05, 3.63) is 46.1 Å². The van der Waals surface area contributed by atoms with Crippen molar-refractivity contribution in [3.8, 4) is 0 Å². The second-order valence-corrected chi connectivity index (χ2v) is 4.93. The van der Waals surface area contributed by atoms with Crippen LogP contribution < -0.4 is 0 Å². The topological polar surface area (TPSA) is 0 Å². The maximum absolute atomic E-state index is 13.1. The van der Waals surface area contributed by atoms with E-state index in [2.05, 4.69) is 0 Å². The van der Waals surface area contributed by atoms with Crippen molar-refractivity contribution in [2.45, 2.75) is 32.6 Å². The molecule has 0 fully saturated rings. The molecular weight excluding hydrogens is 282 g/mol. The second kappa shape index (κ2) is 4.53. The minimum atomic E-state index is -4.65. The molecule has 20 heavy (non-hydrogen) atoms. The molecule has 110 valence electrons. The van der Waals surface area contributed by atoms with Crippen molar-refractivity contribution >= 4 is 0 Å². The molecule has 0 amide bonds. The van der Waals surface area contributed by atoms with Crippen molar-refractivity contribution < 1.29 is 26.3 Å². The molecule has 0 spiro atoms. The monoisotopic (exact) mass is 294 g/mol. The number of hydrogen-bond acceptors (Lipinski definition) is 0. The van der Waals surface area contributed by atoms with E-state index in [0.29, 0.717) is 0 Å². The first-order valence-electron chi connectivity index (χ1n) is 5.98. The van der Waals surface area contributed by atoms with Gasteiger partial charge in [-0.3, -0.25) is 0 Å². The van der Waals surface area contributed by atoms with Crippen LogP contribution >= 0.6 is 0 Å². The maximum atomic E-state index is 13.1. The summed E-state index contributed by atoms with van der Waals surface area (Å²) in [5, 5.41) is 0. The van der Waals surface area contributed by atoms with Crippen molar-refractivity contribution in [2.24, 2.45) is 5.92 Å². The Morgan fingerprint density at radius 1 is 0.950 bits per heavy atom. The number of fused-ring (bicyclic) bond motifs is 1. The van der Waals surface area contributed by atoms with Gasteiger partial charge < -0.3 is 0 Å². The van der Waals surface area contributed by atoms with E-state index in [0.717, 1.165) is 12.2 Å². The van der Waals surface area contributed by atoms with Crippen LogP contribution in [0.1, 0.15) is 20.3 Å². The first-order valence-corrected chi connectivity index (χ1v) is 5.98. The number of rotatable bonds is 0. The van der Waals surface area contributed by atoms with Gasteiger partial charge in [0.2, 0.25) is 0 Å². The summed E-state index contributed by atoms with van der Waals surface area (Å²) in [5.74, 6) is -1.26. The van der Waals surface area contributed by atoms with Crippen molar-refractivity contribution in [1.82, 2.24) is 0 Å². The largest absolute Gasteiger partial charge is 0.416 e. The summed E-state index contributed by atoms with van der Waals surface area (Å²) in [5.41, 5.74) is -2.15. The first-order chi connectivity index (χ1) is 9.03. The zero-order chi connectivity index (χ0) is 15.3. The Balaban J connectivity index is 2.64. The molecule has 0 N–H and O–H groups in total. The Bertz CT molecular complexity index is 551. The zero-order valence-corrected chi connectivity index (χ0v) is 10.8. The van der Waals surface area contributed by atoms with Crippen LogP contribution in [0.5, 0.6) is 0 Å². The van der Waals surface area contributed by atoms with Gasteiger partial charge in [-0.25, -0.2) is 0 Å². The fraction of sp³-hybridized carbons (Fsp3) is 0.429. The Morgan fingerprint density at radius 3 is 2.05 bits per heavy atom. The quantitative estimate of drug-likeness (QED) is 0.535. The van der Waals surface area contributed by atoms with Crippen LogP contribution in [0.15, 0.2) is 46.1 Å². The van der Waals surface area contributed by atoms with Crippen molar-refractivity contribution in [3.63, 3.8) is 0 Å². The first kappa shape index (κ1) is 14.9. The minimum absolute atomic E-state index is 0.0190. The van der Waals surface area contributed by atoms with E-state index in [9.17, 15) is 26.3 Å². The summed E-state index contributed by atoms with van der Waals surface area (Å²) < 4.78 is 78.4. The molecule has 0 bridgehead atoms. The zero-order valence-electron chi connectivity index (χ0n) is 10.8. The van der Waals surface area contributed by atoms with Gasteiger partial charge in [-0.2, -0.15) is 26.3 Å².